The van der Waals surface area contributed by atoms with Crippen LogP contribution in [0.5, 0.6) is 5.75 Å². The van der Waals surface area contributed by atoms with Gasteiger partial charge in [0.05, 0.1) is 6.61 Å². The first-order chi connectivity index (χ1) is 18.4. The second kappa shape index (κ2) is 11.7. The zero-order valence-corrected chi connectivity index (χ0v) is 22.5. The Morgan fingerprint density at radius 3 is 2.37 bits per heavy atom. The molecule has 1 aliphatic carbocycles. The van der Waals surface area contributed by atoms with E-state index in [9.17, 15) is 19.2 Å². The predicted octanol–water partition coefficient (Wildman–Crippen LogP) is 2.14. The van der Waals surface area contributed by atoms with Gasteiger partial charge in [0.15, 0.2) is 0 Å². The topological polar surface area (TPSA) is 90.5 Å². The summed E-state index contributed by atoms with van der Waals surface area (Å²) >= 11 is 0. The summed E-state index contributed by atoms with van der Waals surface area (Å²) in [7, 11) is 0. The first-order valence-electron chi connectivity index (χ1n) is 14.2. The molecule has 0 unspecified atom stereocenters. The molecule has 1 aromatic rings. The van der Waals surface area contributed by atoms with E-state index in [2.05, 4.69) is 0 Å². The van der Waals surface area contributed by atoms with Crippen molar-refractivity contribution in [3.63, 3.8) is 0 Å². The highest BCUT2D eigenvalue weighted by Gasteiger charge is 2.38. The van der Waals surface area contributed by atoms with Gasteiger partial charge in [-0.05, 0) is 50.0 Å². The SMILES string of the molecule is CC(=O)N1CCN(C(=O)C[C@@H]2CCN3C[C@@H]2CCCOc2ccccc2CN(C(=O)C2CC2)CC3=O)CC1. The number of hydrogen-bond acceptors (Lipinski definition) is 5. The molecule has 4 aliphatic rings. The van der Waals surface area contributed by atoms with Gasteiger partial charge in [-0.2, -0.15) is 0 Å². The standard InChI is InChI=1S/C29H40N4O5/c1-21(34)30-12-14-31(15-13-30)27(35)17-23-10-11-32-18-24(23)6-4-16-38-26-7-3-2-5-25(26)19-33(20-28(32)36)29(37)22-8-9-22/h2-3,5,7,22-24H,4,6,8-20H2,1H3/t23-,24-/m0/s1. The maximum atomic E-state index is 13.5. The maximum absolute atomic E-state index is 13.5. The number of piperidine rings is 1. The highest BCUT2D eigenvalue weighted by atomic mass is 16.5. The Hall–Kier alpha value is -3.10. The Bertz CT molecular complexity index is 1050. The molecule has 1 saturated carbocycles. The molecule has 2 saturated heterocycles. The molecule has 0 N–H and O–H groups in total. The third-order valence-corrected chi connectivity index (χ3v) is 8.63. The van der Waals surface area contributed by atoms with Gasteiger partial charge in [0.2, 0.25) is 23.6 Å². The van der Waals surface area contributed by atoms with Crippen molar-refractivity contribution < 1.29 is 23.9 Å². The van der Waals surface area contributed by atoms with Crippen LogP contribution >= 0.6 is 0 Å². The molecule has 3 aliphatic heterocycles. The van der Waals surface area contributed by atoms with Crippen molar-refractivity contribution in [2.75, 3.05) is 52.4 Å². The minimum Gasteiger partial charge on any atom is -0.493 e. The monoisotopic (exact) mass is 524 g/mol. The Morgan fingerprint density at radius 2 is 1.63 bits per heavy atom. The molecule has 2 atom stereocenters. The van der Waals surface area contributed by atoms with Crippen LogP contribution in [0.15, 0.2) is 24.3 Å². The summed E-state index contributed by atoms with van der Waals surface area (Å²) in [6.45, 7) is 6.17. The molecule has 3 fully saturated rings. The van der Waals surface area contributed by atoms with Crippen LogP contribution in [0.1, 0.15) is 51.0 Å². The van der Waals surface area contributed by atoms with Crippen LogP contribution in [0.2, 0.25) is 0 Å². The summed E-state index contributed by atoms with van der Waals surface area (Å²) in [5, 5.41) is 0. The fourth-order valence-corrected chi connectivity index (χ4v) is 6.10. The van der Waals surface area contributed by atoms with Crippen molar-refractivity contribution in [1.82, 2.24) is 19.6 Å². The number of rotatable bonds is 3. The van der Waals surface area contributed by atoms with Gasteiger partial charge >= 0.3 is 0 Å². The molecule has 9 nitrogen and oxygen atoms in total. The van der Waals surface area contributed by atoms with Crippen LogP contribution in [0.25, 0.3) is 0 Å². The van der Waals surface area contributed by atoms with Gasteiger partial charge in [0.1, 0.15) is 12.3 Å². The first-order valence-corrected chi connectivity index (χ1v) is 14.2. The highest BCUT2D eigenvalue weighted by molar-refractivity contribution is 5.87. The van der Waals surface area contributed by atoms with E-state index in [-0.39, 0.29) is 47.9 Å². The smallest absolute Gasteiger partial charge is 0.242 e. The number of amides is 4. The number of ether oxygens (including phenoxy) is 1. The van der Waals surface area contributed by atoms with Crippen molar-refractivity contribution in [3.8, 4) is 5.75 Å². The summed E-state index contributed by atoms with van der Waals surface area (Å²) in [5.74, 6) is 1.48. The summed E-state index contributed by atoms with van der Waals surface area (Å²) in [6.07, 6.45) is 4.77. The average molecular weight is 525 g/mol. The Morgan fingerprint density at radius 1 is 0.895 bits per heavy atom. The van der Waals surface area contributed by atoms with Gasteiger partial charge in [0, 0.05) is 70.6 Å². The van der Waals surface area contributed by atoms with Crippen LogP contribution in [0.3, 0.4) is 0 Å². The Labute approximate surface area is 225 Å². The third kappa shape index (κ3) is 6.30. The van der Waals surface area contributed by atoms with E-state index in [4.69, 9.17) is 4.74 Å². The second-order valence-electron chi connectivity index (χ2n) is 11.3. The normalized spacial score (nSPS) is 24.9. The quantitative estimate of drug-likeness (QED) is 0.605. The summed E-state index contributed by atoms with van der Waals surface area (Å²) in [5.41, 5.74) is 0.930. The van der Waals surface area contributed by atoms with Gasteiger partial charge in [0.25, 0.3) is 0 Å². The third-order valence-electron chi connectivity index (χ3n) is 8.63. The van der Waals surface area contributed by atoms with Gasteiger partial charge < -0.3 is 24.3 Å². The zero-order valence-electron chi connectivity index (χ0n) is 22.5. The zero-order chi connectivity index (χ0) is 26.6. The van der Waals surface area contributed by atoms with Crippen LogP contribution in [-0.4, -0.2) is 95.6 Å². The second-order valence-corrected chi connectivity index (χ2v) is 11.3. The van der Waals surface area contributed by atoms with Crippen LogP contribution in [-0.2, 0) is 25.7 Å². The van der Waals surface area contributed by atoms with Gasteiger partial charge in [-0.3, -0.25) is 19.2 Å². The number of piperazine rings is 1. The summed E-state index contributed by atoms with van der Waals surface area (Å²) in [6, 6.07) is 7.79. The molecular formula is C29H40N4O5. The fourth-order valence-electron chi connectivity index (χ4n) is 6.10. The van der Waals surface area contributed by atoms with Crippen LogP contribution in [0.4, 0.5) is 0 Å². The maximum Gasteiger partial charge on any atom is 0.242 e. The molecule has 206 valence electrons. The van der Waals surface area contributed by atoms with Gasteiger partial charge in [-0.1, -0.05) is 18.2 Å². The molecular weight excluding hydrogens is 484 g/mol. The number of fused-ring (bicyclic) bond motifs is 3. The fraction of sp³-hybridized carbons (Fsp3) is 0.655. The van der Waals surface area contributed by atoms with E-state index < -0.39 is 0 Å². The molecule has 0 aromatic heterocycles. The van der Waals surface area contributed by atoms with Crippen LogP contribution < -0.4 is 4.74 Å². The summed E-state index contributed by atoms with van der Waals surface area (Å²) < 4.78 is 6.17. The molecule has 1 aromatic carbocycles. The molecule has 38 heavy (non-hydrogen) atoms. The van der Waals surface area contributed by atoms with Crippen molar-refractivity contribution in [3.05, 3.63) is 29.8 Å². The number of nitrogens with zero attached hydrogens (tertiary/aromatic N) is 4. The van der Waals surface area contributed by atoms with E-state index in [0.717, 1.165) is 43.4 Å². The molecule has 0 spiro atoms. The van der Waals surface area contributed by atoms with Crippen molar-refractivity contribution in [2.24, 2.45) is 17.8 Å². The highest BCUT2D eigenvalue weighted by Crippen LogP contribution is 2.34. The molecule has 0 radical (unpaired) electrons. The van der Waals surface area contributed by atoms with Gasteiger partial charge in [-0.15, -0.1) is 0 Å². The van der Waals surface area contributed by atoms with E-state index in [1.54, 1.807) is 16.7 Å². The molecule has 5 rings (SSSR count). The lowest BCUT2D eigenvalue weighted by atomic mass is 9.80. The van der Waals surface area contributed by atoms with Gasteiger partial charge in [-0.25, -0.2) is 0 Å². The molecule has 4 amide bonds. The Kier molecular flexibility index (Phi) is 8.19. The Balaban J connectivity index is 1.27. The number of carbonyl (C=O) groups excluding carboxylic acids is 4. The number of para-hydroxylation sites is 1. The van der Waals surface area contributed by atoms with E-state index in [0.29, 0.717) is 58.8 Å². The van der Waals surface area contributed by atoms with Crippen molar-refractivity contribution in [1.29, 1.82) is 0 Å². The number of carbonyl (C=O) groups is 4. The van der Waals surface area contributed by atoms with Crippen molar-refractivity contribution >= 4 is 23.6 Å². The lowest BCUT2D eigenvalue weighted by molar-refractivity contribution is -0.144. The molecule has 9 heteroatoms. The van der Waals surface area contributed by atoms with E-state index in [1.165, 1.54) is 0 Å². The van der Waals surface area contributed by atoms with E-state index >= 15 is 0 Å². The average Bonchev–Trinajstić information content (AvgIpc) is 3.77. The lowest BCUT2D eigenvalue weighted by Crippen LogP contribution is -2.52. The van der Waals surface area contributed by atoms with Crippen LogP contribution in [0, 0.1) is 17.8 Å². The largest absolute Gasteiger partial charge is 0.493 e. The van der Waals surface area contributed by atoms with E-state index in [1.807, 2.05) is 34.1 Å². The van der Waals surface area contributed by atoms with Crippen molar-refractivity contribution in [2.45, 2.75) is 52.0 Å². The number of hydrogen-bond donors (Lipinski definition) is 0. The first kappa shape index (κ1) is 26.5. The lowest BCUT2D eigenvalue weighted by Gasteiger charge is -2.40. The minimum absolute atomic E-state index is 0.00761. The molecule has 2 bridgehead atoms. The molecule has 3 heterocycles. The predicted molar refractivity (Wildman–Crippen MR) is 141 cm³/mol. The summed E-state index contributed by atoms with van der Waals surface area (Å²) in [4.78, 5) is 58.7. The minimum atomic E-state index is -0.00761. The number of benzene rings is 1.